The number of halogens is 1. The predicted octanol–water partition coefficient (Wildman–Crippen LogP) is 2.89. The highest BCUT2D eigenvalue weighted by atomic mass is 19.1. The van der Waals surface area contributed by atoms with Gasteiger partial charge in [-0.15, -0.1) is 0 Å². The summed E-state index contributed by atoms with van der Waals surface area (Å²) in [6.45, 7) is 0. The first kappa shape index (κ1) is 10.9. The summed E-state index contributed by atoms with van der Waals surface area (Å²) >= 11 is 0. The van der Waals surface area contributed by atoms with Crippen molar-refractivity contribution in [3.05, 3.63) is 35.9 Å². The molecule has 1 fully saturated rings. The zero-order chi connectivity index (χ0) is 11.4. The molecule has 82 valence electrons. The molecular weight excluding hydrogens is 203 g/mol. The fraction of sp³-hybridized carbons (Fsp3) is 0.357. The SMILES string of the molecule is O=C1CCCC[C@@]1(F)C#Cc1ccccc1. The van der Waals surface area contributed by atoms with Gasteiger partial charge in [-0.1, -0.05) is 24.1 Å². The van der Waals surface area contributed by atoms with E-state index in [4.69, 9.17) is 0 Å². The number of benzene rings is 1. The van der Waals surface area contributed by atoms with Gasteiger partial charge in [-0.25, -0.2) is 4.39 Å². The first-order valence-electron chi connectivity index (χ1n) is 5.51. The van der Waals surface area contributed by atoms with Crippen molar-refractivity contribution in [2.24, 2.45) is 0 Å². The third-order valence-electron chi connectivity index (χ3n) is 2.80. The van der Waals surface area contributed by atoms with Gasteiger partial charge in [0, 0.05) is 18.4 Å². The maximum Gasteiger partial charge on any atom is 0.228 e. The second kappa shape index (κ2) is 4.49. The third-order valence-corrected chi connectivity index (χ3v) is 2.80. The molecule has 1 aliphatic carbocycles. The fourth-order valence-electron chi connectivity index (χ4n) is 1.82. The smallest absolute Gasteiger partial charge is 0.228 e. The minimum absolute atomic E-state index is 0.242. The normalized spacial score (nSPS) is 24.7. The fourth-order valence-corrected chi connectivity index (χ4v) is 1.82. The Morgan fingerprint density at radius 2 is 1.94 bits per heavy atom. The van der Waals surface area contributed by atoms with E-state index in [0.29, 0.717) is 6.42 Å². The molecule has 2 heteroatoms. The number of hydrogen-bond acceptors (Lipinski definition) is 1. The van der Waals surface area contributed by atoms with Crippen molar-refractivity contribution >= 4 is 5.78 Å². The van der Waals surface area contributed by atoms with Crippen LogP contribution in [0.1, 0.15) is 31.2 Å². The van der Waals surface area contributed by atoms with Gasteiger partial charge in [-0.3, -0.25) is 4.79 Å². The molecule has 2 rings (SSSR count). The minimum atomic E-state index is -1.91. The molecule has 0 saturated heterocycles. The van der Waals surface area contributed by atoms with Crippen molar-refractivity contribution in [1.82, 2.24) is 0 Å². The first-order chi connectivity index (χ1) is 7.71. The van der Waals surface area contributed by atoms with E-state index in [9.17, 15) is 9.18 Å². The summed E-state index contributed by atoms with van der Waals surface area (Å²) < 4.78 is 14.1. The summed E-state index contributed by atoms with van der Waals surface area (Å²) in [5.41, 5.74) is -1.16. The molecule has 1 aromatic carbocycles. The van der Waals surface area contributed by atoms with Crippen LogP contribution in [0.3, 0.4) is 0 Å². The molecular formula is C14H13FO. The van der Waals surface area contributed by atoms with Crippen molar-refractivity contribution in [1.29, 1.82) is 0 Å². The van der Waals surface area contributed by atoms with E-state index >= 15 is 0 Å². The second-order valence-corrected chi connectivity index (χ2v) is 4.05. The molecule has 1 atom stereocenters. The number of alkyl halides is 1. The average Bonchev–Trinajstić information content (AvgIpc) is 2.32. The summed E-state index contributed by atoms with van der Waals surface area (Å²) in [4.78, 5) is 11.5. The lowest BCUT2D eigenvalue weighted by molar-refractivity contribution is -0.129. The molecule has 0 amide bonds. The van der Waals surface area contributed by atoms with Gasteiger partial charge in [-0.05, 0) is 30.9 Å². The Kier molecular flexibility index (Phi) is 3.05. The van der Waals surface area contributed by atoms with E-state index in [2.05, 4.69) is 11.8 Å². The molecule has 1 aromatic rings. The van der Waals surface area contributed by atoms with Crippen molar-refractivity contribution in [3.63, 3.8) is 0 Å². The van der Waals surface area contributed by atoms with Crippen LogP contribution < -0.4 is 0 Å². The van der Waals surface area contributed by atoms with E-state index < -0.39 is 5.67 Å². The quantitative estimate of drug-likeness (QED) is 0.609. The van der Waals surface area contributed by atoms with Crippen LogP contribution in [0.25, 0.3) is 0 Å². The minimum Gasteiger partial charge on any atom is -0.295 e. The maximum absolute atomic E-state index is 14.1. The van der Waals surface area contributed by atoms with Crippen LogP contribution in [0.5, 0.6) is 0 Å². The maximum atomic E-state index is 14.1. The number of ketones is 1. The van der Waals surface area contributed by atoms with Crippen LogP contribution in [0.2, 0.25) is 0 Å². The lowest BCUT2D eigenvalue weighted by atomic mass is 9.85. The second-order valence-electron chi connectivity index (χ2n) is 4.05. The highest BCUT2D eigenvalue weighted by Crippen LogP contribution is 2.28. The number of carbonyl (C=O) groups is 1. The molecule has 0 unspecified atom stereocenters. The lowest BCUT2D eigenvalue weighted by Crippen LogP contribution is -2.35. The lowest BCUT2D eigenvalue weighted by Gasteiger charge is -2.22. The van der Waals surface area contributed by atoms with Crippen molar-refractivity contribution in [2.45, 2.75) is 31.4 Å². The van der Waals surface area contributed by atoms with E-state index in [1.165, 1.54) is 0 Å². The Hall–Kier alpha value is -1.62. The van der Waals surface area contributed by atoms with Gasteiger partial charge >= 0.3 is 0 Å². The van der Waals surface area contributed by atoms with Crippen LogP contribution in [-0.2, 0) is 4.79 Å². The summed E-state index contributed by atoms with van der Waals surface area (Å²) in [7, 11) is 0. The van der Waals surface area contributed by atoms with Crippen LogP contribution in [0, 0.1) is 11.8 Å². The Balaban J connectivity index is 2.20. The summed E-state index contributed by atoms with van der Waals surface area (Å²) in [5, 5.41) is 0. The molecule has 16 heavy (non-hydrogen) atoms. The van der Waals surface area contributed by atoms with Gasteiger partial charge in [-0.2, -0.15) is 0 Å². The topological polar surface area (TPSA) is 17.1 Å². The predicted molar refractivity (Wildman–Crippen MR) is 60.6 cm³/mol. The number of rotatable bonds is 0. The van der Waals surface area contributed by atoms with Crippen molar-refractivity contribution in [3.8, 4) is 11.8 Å². The van der Waals surface area contributed by atoms with Crippen LogP contribution in [-0.4, -0.2) is 11.5 Å². The molecule has 1 nitrogen and oxygen atoms in total. The number of hydrogen-bond donors (Lipinski definition) is 0. The Labute approximate surface area is 94.7 Å². The molecule has 0 radical (unpaired) electrons. The molecule has 1 aliphatic rings. The third kappa shape index (κ3) is 2.30. The van der Waals surface area contributed by atoms with Gasteiger partial charge in [0.05, 0.1) is 0 Å². The highest BCUT2D eigenvalue weighted by Gasteiger charge is 2.38. The van der Waals surface area contributed by atoms with Crippen molar-refractivity contribution in [2.75, 3.05) is 0 Å². The largest absolute Gasteiger partial charge is 0.295 e. The molecule has 0 aromatic heterocycles. The van der Waals surface area contributed by atoms with Gasteiger partial charge in [0.1, 0.15) is 0 Å². The number of carbonyl (C=O) groups excluding carboxylic acids is 1. The molecule has 1 saturated carbocycles. The molecule has 0 aliphatic heterocycles. The Morgan fingerprint density at radius 1 is 1.19 bits per heavy atom. The van der Waals surface area contributed by atoms with Gasteiger partial charge in [0.15, 0.2) is 5.78 Å². The molecule has 0 N–H and O–H groups in total. The summed E-state index contributed by atoms with van der Waals surface area (Å²) in [5.74, 6) is 4.88. The van der Waals surface area contributed by atoms with Gasteiger partial charge in [0.2, 0.25) is 5.67 Å². The summed E-state index contributed by atoms with van der Waals surface area (Å²) in [6, 6.07) is 9.19. The standard InChI is InChI=1S/C14H13FO/c15-14(10-5-4-8-13(14)16)11-9-12-6-2-1-3-7-12/h1-3,6-7H,4-5,8,10H2/t14-/m1/s1. The van der Waals surface area contributed by atoms with Crippen LogP contribution >= 0.6 is 0 Å². The van der Waals surface area contributed by atoms with E-state index in [1.807, 2.05) is 30.3 Å². The first-order valence-corrected chi connectivity index (χ1v) is 5.51. The summed E-state index contributed by atoms with van der Waals surface area (Å²) in [6.07, 6.45) is 2.09. The molecule has 0 spiro atoms. The van der Waals surface area contributed by atoms with Crippen molar-refractivity contribution < 1.29 is 9.18 Å². The van der Waals surface area contributed by atoms with Crippen LogP contribution in [0.15, 0.2) is 30.3 Å². The zero-order valence-corrected chi connectivity index (χ0v) is 9.00. The average molecular weight is 216 g/mol. The van der Waals surface area contributed by atoms with Crippen LogP contribution in [0.4, 0.5) is 4.39 Å². The van der Waals surface area contributed by atoms with E-state index in [1.54, 1.807) is 0 Å². The highest BCUT2D eigenvalue weighted by molar-refractivity contribution is 5.91. The number of Topliss-reactive ketones (excluding diaryl/α,β-unsaturated/α-hetero) is 1. The molecule has 0 bridgehead atoms. The van der Waals surface area contributed by atoms with Gasteiger partial charge in [0.25, 0.3) is 0 Å². The van der Waals surface area contributed by atoms with Gasteiger partial charge < -0.3 is 0 Å². The molecule has 0 heterocycles. The van der Waals surface area contributed by atoms with E-state index in [0.717, 1.165) is 18.4 Å². The van der Waals surface area contributed by atoms with E-state index in [-0.39, 0.29) is 12.2 Å². The Bertz CT molecular complexity index is 441. The zero-order valence-electron chi connectivity index (χ0n) is 9.00. The monoisotopic (exact) mass is 216 g/mol. The Morgan fingerprint density at radius 3 is 2.62 bits per heavy atom.